The summed E-state index contributed by atoms with van der Waals surface area (Å²) in [5.74, 6) is 0.461. The molecule has 1 heterocycles. The Balaban J connectivity index is 1.86. The fourth-order valence-electron chi connectivity index (χ4n) is 2.74. The van der Waals surface area contributed by atoms with E-state index in [2.05, 4.69) is 5.32 Å². The Morgan fingerprint density at radius 1 is 1.11 bits per heavy atom. The van der Waals surface area contributed by atoms with Crippen LogP contribution in [-0.2, 0) is 14.8 Å². The molecule has 1 amide bonds. The molecule has 2 aromatic rings. The summed E-state index contributed by atoms with van der Waals surface area (Å²) in [7, 11) is -3.66. The van der Waals surface area contributed by atoms with E-state index >= 15 is 0 Å². The third kappa shape index (κ3) is 4.16. The van der Waals surface area contributed by atoms with E-state index in [-0.39, 0.29) is 19.1 Å². The van der Waals surface area contributed by atoms with E-state index in [9.17, 15) is 13.2 Å². The maximum atomic E-state index is 12.6. The van der Waals surface area contributed by atoms with Crippen molar-refractivity contribution in [2.75, 3.05) is 28.7 Å². The fourth-order valence-corrected chi connectivity index (χ4v) is 3.80. The number of nitrogens with one attached hydrogen (secondary N) is 1. The summed E-state index contributed by atoms with van der Waals surface area (Å²) in [6.45, 7) is 5.11. The first kappa shape index (κ1) is 19.0. The van der Waals surface area contributed by atoms with Crippen molar-refractivity contribution in [2.24, 2.45) is 0 Å². The number of rotatable bonds is 6. The Kier molecular flexibility index (Phi) is 5.27. The van der Waals surface area contributed by atoms with Crippen LogP contribution >= 0.6 is 0 Å². The maximum absolute atomic E-state index is 12.6. The molecule has 27 heavy (non-hydrogen) atoms. The maximum Gasteiger partial charge on any atom is 0.245 e. The number of amides is 1. The van der Waals surface area contributed by atoms with Gasteiger partial charge in [-0.15, -0.1) is 0 Å². The largest absolute Gasteiger partial charge is 0.454 e. The van der Waals surface area contributed by atoms with Crippen molar-refractivity contribution in [3.63, 3.8) is 0 Å². The average Bonchev–Trinajstić information content (AvgIpc) is 3.10. The number of nitrogens with zero attached hydrogens (tertiary/aromatic N) is 1. The second-order valence-electron chi connectivity index (χ2n) is 6.31. The molecule has 0 bridgehead atoms. The highest BCUT2D eigenvalue weighted by Crippen LogP contribution is 2.36. The Bertz CT molecular complexity index is 972. The van der Waals surface area contributed by atoms with Gasteiger partial charge in [0.25, 0.3) is 0 Å². The van der Waals surface area contributed by atoms with E-state index < -0.39 is 15.9 Å². The zero-order valence-corrected chi connectivity index (χ0v) is 16.3. The molecule has 8 heteroatoms. The van der Waals surface area contributed by atoms with Crippen molar-refractivity contribution < 1.29 is 22.7 Å². The summed E-state index contributed by atoms with van der Waals surface area (Å²) in [6, 6.07) is 10.5. The van der Waals surface area contributed by atoms with Gasteiger partial charge in [0, 0.05) is 11.8 Å². The lowest BCUT2D eigenvalue weighted by Crippen LogP contribution is -2.39. The highest BCUT2D eigenvalue weighted by Gasteiger charge is 2.26. The number of ether oxygens (including phenoxy) is 2. The molecule has 144 valence electrons. The van der Waals surface area contributed by atoms with E-state index in [4.69, 9.17) is 9.47 Å². The highest BCUT2D eigenvalue weighted by atomic mass is 32.2. The third-order valence-electron chi connectivity index (χ3n) is 4.30. The van der Waals surface area contributed by atoms with Crippen LogP contribution in [0.2, 0.25) is 0 Å². The molecular formula is C19H22N2O5S. The lowest BCUT2D eigenvalue weighted by Gasteiger charge is -2.23. The van der Waals surface area contributed by atoms with Crippen molar-refractivity contribution in [1.82, 2.24) is 0 Å². The van der Waals surface area contributed by atoms with Crippen LogP contribution in [-0.4, -0.2) is 33.4 Å². The van der Waals surface area contributed by atoms with Crippen LogP contribution in [0.4, 0.5) is 11.4 Å². The molecule has 1 N–H and O–H groups in total. The Morgan fingerprint density at radius 3 is 2.59 bits per heavy atom. The van der Waals surface area contributed by atoms with Gasteiger partial charge in [-0.3, -0.25) is 9.10 Å². The van der Waals surface area contributed by atoms with Crippen molar-refractivity contribution >= 4 is 27.3 Å². The van der Waals surface area contributed by atoms with Gasteiger partial charge in [-0.1, -0.05) is 12.1 Å². The lowest BCUT2D eigenvalue weighted by molar-refractivity contribution is -0.114. The van der Waals surface area contributed by atoms with Gasteiger partial charge in [-0.05, 0) is 50.1 Å². The monoisotopic (exact) mass is 390 g/mol. The van der Waals surface area contributed by atoms with Gasteiger partial charge < -0.3 is 14.8 Å². The van der Waals surface area contributed by atoms with Gasteiger partial charge in [-0.2, -0.15) is 0 Å². The number of carbonyl (C=O) groups excluding carboxylic acids is 1. The van der Waals surface area contributed by atoms with Crippen LogP contribution in [0, 0.1) is 13.8 Å². The molecule has 7 nitrogen and oxygen atoms in total. The highest BCUT2D eigenvalue weighted by molar-refractivity contribution is 7.92. The molecule has 3 rings (SSSR count). The van der Waals surface area contributed by atoms with E-state index in [0.29, 0.717) is 22.9 Å². The number of sulfonamides is 1. The molecule has 2 aromatic carbocycles. The van der Waals surface area contributed by atoms with Crippen molar-refractivity contribution in [1.29, 1.82) is 0 Å². The van der Waals surface area contributed by atoms with Gasteiger partial charge in [0.05, 0.1) is 11.4 Å². The molecule has 0 fully saturated rings. The number of aryl methyl sites for hydroxylation is 2. The van der Waals surface area contributed by atoms with Gasteiger partial charge in [0.1, 0.15) is 6.54 Å². The Labute approximate surface area is 158 Å². The van der Waals surface area contributed by atoms with Crippen molar-refractivity contribution in [2.45, 2.75) is 20.8 Å². The van der Waals surface area contributed by atoms with Gasteiger partial charge in [0.2, 0.25) is 22.7 Å². The number of fused-ring (bicyclic) bond motifs is 1. The zero-order valence-electron chi connectivity index (χ0n) is 15.5. The molecular weight excluding hydrogens is 368 g/mol. The molecule has 0 saturated carbocycles. The first-order valence-electron chi connectivity index (χ1n) is 8.57. The van der Waals surface area contributed by atoms with Crippen molar-refractivity contribution in [3.8, 4) is 11.5 Å². The third-order valence-corrected chi connectivity index (χ3v) is 6.04. The number of hydrogen-bond donors (Lipinski definition) is 1. The number of carbonyl (C=O) groups is 1. The first-order valence-corrected chi connectivity index (χ1v) is 10.2. The van der Waals surface area contributed by atoms with Crippen LogP contribution in [0.15, 0.2) is 36.4 Å². The lowest BCUT2D eigenvalue weighted by atomic mass is 10.1. The Hall–Kier alpha value is -2.74. The molecule has 0 aromatic heterocycles. The second-order valence-corrected chi connectivity index (χ2v) is 8.49. The van der Waals surface area contributed by atoms with Crippen molar-refractivity contribution in [3.05, 3.63) is 47.5 Å². The minimum absolute atomic E-state index is 0.0897. The molecule has 0 spiro atoms. The quantitative estimate of drug-likeness (QED) is 0.820. The predicted molar refractivity (Wildman–Crippen MR) is 104 cm³/mol. The average molecular weight is 390 g/mol. The smallest absolute Gasteiger partial charge is 0.245 e. The van der Waals surface area contributed by atoms with Gasteiger partial charge in [0.15, 0.2) is 11.5 Å². The minimum atomic E-state index is -3.66. The van der Waals surface area contributed by atoms with E-state index in [1.807, 2.05) is 32.0 Å². The molecule has 0 aliphatic carbocycles. The Morgan fingerprint density at radius 2 is 1.85 bits per heavy atom. The summed E-state index contributed by atoms with van der Waals surface area (Å²) < 4.78 is 36.8. The molecule has 1 aliphatic rings. The summed E-state index contributed by atoms with van der Waals surface area (Å²) in [5, 5.41) is 2.80. The topological polar surface area (TPSA) is 84.9 Å². The van der Waals surface area contributed by atoms with E-state index in [1.54, 1.807) is 18.2 Å². The molecule has 0 saturated heterocycles. The van der Waals surface area contributed by atoms with E-state index in [1.165, 1.54) is 6.92 Å². The molecule has 1 aliphatic heterocycles. The first-order chi connectivity index (χ1) is 12.8. The number of benzene rings is 2. The summed E-state index contributed by atoms with van der Waals surface area (Å²) in [4.78, 5) is 12.6. The second kappa shape index (κ2) is 7.48. The van der Waals surface area contributed by atoms with Gasteiger partial charge in [-0.25, -0.2) is 8.42 Å². The molecule has 0 unspecified atom stereocenters. The summed E-state index contributed by atoms with van der Waals surface area (Å²) in [5.41, 5.74) is 2.93. The molecule has 0 radical (unpaired) electrons. The normalized spacial score (nSPS) is 12.7. The van der Waals surface area contributed by atoms with Crippen LogP contribution in [0.5, 0.6) is 11.5 Å². The minimum Gasteiger partial charge on any atom is -0.454 e. The zero-order chi connectivity index (χ0) is 19.6. The number of hydrogen-bond acceptors (Lipinski definition) is 5. The number of anilines is 2. The standard InChI is InChI=1S/C19H22N2O5S/c1-4-27(23,24)21(15-7-8-17-18(10-15)26-12-25-17)11-19(22)20-16-9-13(2)5-6-14(16)3/h5-10H,4,11-12H2,1-3H3,(H,20,22). The van der Waals surface area contributed by atoms with E-state index in [0.717, 1.165) is 15.4 Å². The van der Waals surface area contributed by atoms with Crippen LogP contribution in [0.3, 0.4) is 0 Å². The van der Waals surface area contributed by atoms with Crippen LogP contribution < -0.4 is 19.1 Å². The predicted octanol–water partition coefficient (Wildman–Crippen LogP) is 2.83. The van der Waals surface area contributed by atoms with Gasteiger partial charge >= 0.3 is 0 Å². The summed E-state index contributed by atoms with van der Waals surface area (Å²) >= 11 is 0. The molecule has 0 atom stereocenters. The van der Waals surface area contributed by atoms with Crippen LogP contribution in [0.25, 0.3) is 0 Å². The SMILES string of the molecule is CCS(=O)(=O)N(CC(=O)Nc1cc(C)ccc1C)c1ccc2c(c1)OCO2. The van der Waals surface area contributed by atoms with Crippen LogP contribution in [0.1, 0.15) is 18.1 Å². The summed E-state index contributed by atoms with van der Waals surface area (Å²) in [6.07, 6.45) is 0. The fraction of sp³-hybridized carbons (Fsp3) is 0.316.